The van der Waals surface area contributed by atoms with Crippen LogP contribution >= 0.6 is 11.3 Å². The van der Waals surface area contributed by atoms with E-state index in [4.69, 9.17) is 4.98 Å². The Morgan fingerprint density at radius 1 is 1.25 bits per heavy atom. The molecule has 4 nitrogen and oxygen atoms in total. The Morgan fingerprint density at radius 3 is 2.65 bits per heavy atom. The van der Waals surface area contributed by atoms with Gasteiger partial charge in [0, 0.05) is 4.88 Å². The van der Waals surface area contributed by atoms with Gasteiger partial charge in [0.15, 0.2) is 0 Å². The van der Waals surface area contributed by atoms with Crippen molar-refractivity contribution in [2.75, 3.05) is 13.1 Å². The van der Waals surface area contributed by atoms with Gasteiger partial charge < -0.3 is 4.98 Å². The Morgan fingerprint density at radius 2 is 1.95 bits per heavy atom. The van der Waals surface area contributed by atoms with E-state index < -0.39 is 0 Å². The van der Waals surface area contributed by atoms with E-state index in [0.29, 0.717) is 0 Å². The van der Waals surface area contributed by atoms with E-state index in [9.17, 15) is 4.79 Å². The maximum atomic E-state index is 12.3. The predicted octanol–water partition coefficient (Wildman–Crippen LogP) is 3.15. The predicted molar refractivity (Wildman–Crippen MR) is 83.6 cm³/mol. The summed E-state index contributed by atoms with van der Waals surface area (Å²) in [6, 6.07) is 0.190. The first kappa shape index (κ1) is 13.8. The van der Waals surface area contributed by atoms with E-state index >= 15 is 0 Å². The van der Waals surface area contributed by atoms with Gasteiger partial charge in [0.2, 0.25) is 0 Å². The number of aromatic amines is 1. The number of piperidine rings is 1. The molecule has 0 radical (unpaired) electrons. The highest BCUT2D eigenvalue weighted by Gasteiger charge is 2.21. The smallest absolute Gasteiger partial charge is 0.259 e. The molecule has 0 aliphatic carbocycles. The molecule has 108 valence electrons. The van der Waals surface area contributed by atoms with Gasteiger partial charge >= 0.3 is 0 Å². The third kappa shape index (κ3) is 2.29. The van der Waals surface area contributed by atoms with Gasteiger partial charge in [-0.2, -0.15) is 0 Å². The number of rotatable bonds is 2. The zero-order chi connectivity index (χ0) is 14.3. The first-order chi connectivity index (χ1) is 9.58. The second-order valence-electron chi connectivity index (χ2n) is 5.69. The molecular formula is C15H21N3OS. The van der Waals surface area contributed by atoms with E-state index in [2.05, 4.69) is 23.7 Å². The second-order valence-corrected chi connectivity index (χ2v) is 6.89. The zero-order valence-electron chi connectivity index (χ0n) is 12.3. The molecule has 1 saturated heterocycles. The summed E-state index contributed by atoms with van der Waals surface area (Å²) >= 11 is 1.62. The van der Waals surface area contributed by atoms with Gasteiger partial charge in [-0.1, -0.05) is 6.42 Å². The zero-order valence-corrected chi connectivity index (χ0v) is 13.1. The molecule has 1 atom stereocenters. The van der Waals surface area contributed by atoms with Crippen molar-refractivity contribution in [2.24, 2.45) is 0 Å². The number of aromatic nitrogens is 2. The lowest BCUT2D eigenvalue weighted by Gasteiger charge is -2.31. The van der Waals surface area contributed by atoms with Crippen molar-refractivity contribution in [3.63, 3.8) is 0 Å². The quantitative estimate of drug-likeness (QED) is 0.924. The van der Waals surface area contributed by atoms with E-state index in [0.717, 1.165) is 34.7 Å². The molecule has 3 heterocycles. The van der Waals surface area contributed by atoms with Gasteiger partial charge in [-0.3, -0.25) is 9.69 Å². The number of thiophene rings is 1. The van der Waals surface area contributed by atoms with Crippen molar-refractivity contribution < 1.29 is 0 Å². The van der Waals surface area contributed by atoms with E-state index in [1.165, 1.54) is 24.1 Å². The maximum Gasteiger partial charge on any atom is 0.259 e. The number of nitrogens with zero attached hydrogens (tertiary/aromatic N) is 2. The Kier molecular flexibility index (Phi) is 3.65. The standard InChI is InChI=1S/C15H21N3OS/c1-9-11(3)20-15-12(9)14(19)16-13(17-15)10(2)18-7-5-4-6-8-18/h10H,4-8H2,1-3H3,(H,16,17,19)/t10-/m0/s1. The van der Waals surface area contributed by atoms with Crippen molar-refractivity contribution in [1.82, 2.24) is 14.9 Å². The topological polar surface area (TPSA) is 49.0 Å². The van der Waals surface area contributed by atoms with E-state index in [1.807, 2.05) is 6.92 Å². The van der Waals surface area contributed by atoms with Crippen LogP contribution in [-0.4, -0.2) is 28.0 Å². The molecule has 1 fully saturated rings. The highest BCUT2D eigenvalue weighted by Crippen LogP contribution is 2.28. The number of hydrogen-bond acceptors (Lipinski definition) is 4. The molecule has 2 aromatic heterocycles. The fraction of sp³-hybridized carbons (Fsp3) is 0.600. The molecule has 2 aromatic rings. The normalized spacial score (nSPS) is 18.6. The minimum atomic E-state index is 0.00992. The van der Waals surface area contributed by atoms with Crippen LogP contribution in [0, 0.1) is 13.8 Å². The van der Waals surface area contributed by atoms with Crippen molar-refractivity contribution in [2.45, 2.75) is 46.1 Å². The minimum absolute atomic E-state index is 0.00992. The molecule has 0 saturated carbocycles. The van der Waals surface area contributed by atoms with Crippen LogP contribution in [-0.2, 0) is 0 Å². The minimum Gasteiger partial charge on any atom is -0.309 e. The SMILES string of the molecule is Cc1sc2nc([C@H](C)N3CCCCC3)[nH]c(=O)c2c1C. The second kappa shape index (κ2) is 5.30. The largest absolute Gasteiger partial charge is 0.309 e. The average Bonchev–Trinajstić information content (AvgIpc) is 2.74. The van der Waals surface area contributed by atoms with Crippen LogP contribution in [0.3, 0.4) is 0 Å². The van der Waals surface area contributed by atoms with Crippen LogP contribution < -0.4 is 5.56 Å². The number of hydrogen-bond donors (Lipinski definition) is 1. The first-order valence-electron chi connectivity index (χ1n) is 7.32. The summed E-state index contributed by atoms with van der Waals surface area (Å²) < 4.78 is 0. The number of nitrogens with one attached hydrogen (secondary N) is 1. The molecule has 3 rings (SSSR count). The van der Waals surface area contributed by atoms with Gasteiger partial charge in [-0.05, 0) is 52.3 Å². The van der Waals surface area contributed by atoms with Crippen molar-refractivity contribution in [1.29, 1.82) is 0 Å². The lowest BCUT2D eigenvalue weighted by Crippen LogP contribution is -2.34. The molecule has 0 bridgehead atoms. The van der Waals surface area contributed by atoms with Gasteiger partial charge in [0.1, 0.15) is 10.7 Å². The summed E-state index contributed by atoms with van der Waals surface area (Å²) in [7, 11) is 0. The Balaban J connectivity index is 2.01. The summed E-state index contributed by atoms with van der Waals surface area (Å²) in [6.07, 6.45) is 3.80. The number of likely N-dealkylation sites (tertiary alicyclic amines) is 1. The Labute approximate surface area is 122 Å². The number of H-pyrrole nitrogens is 1. The van der Waals surface area contributed by atoms with Crippen molar-refractivity contribution >= 4 is 21.6 Å². The molecule has 1 N–H and O–H groups in total. The summed E-state index contributed by atoms with van der Waals surface area (Å²) in [4.78, 5) is 24.5. The highest BCUT2D eigenvalue weighted by atomic mass is 32.1. The summed E-state index contributed by atoms with van der Waals surface area (Å²) in [6.45, 7) is 8.40. The Bertz CT molecular complexity index is 682. The molecule has 0 unspecified atom stereocenters. The fourth-order valence-corrected chi connectivity index (χ4v) is 3.98. The van der Waals surface area contributed by atoms with Crippen molar-refractivity contribution in [3.8, 4) is 0 Å². The maximum absolute atomic E-state index is 12.3. The van der Waals surface area contributed by atoms with E-state index in [-0.39, 0.29) is 11.6 Å². The van der Waals surface area contributed by atoms with Crippen LogP contribution in [0.5, 0.6) is 0 Å². The van der Waals surface area contributed by atoms with Crippen molar-refractivity contribution in [3.05, 3.63) is 26.6 Å². The van der Waals surface area contributed by atoms with Crippen LogP contribution in [0.25, 0.3) is 10.2 Å². The van der Waals surface area contributed by atoms with Gasteiger partial charge in [0.05, 0.1) is 11.4 Å². The molecule has 20 heavy (non-hydrogen) atoms. The number of fused-ring (bicyclic) bond motifs is 1. The number of aryl methyl sites for hydroxylation is 2. The molecule has 1 aliphatic rings. The lowest BCUT2D eigenvalue weighted by molar-refractivity contribution is 0.169. The van der Waals surface area contributed by atoms with Crippen LogP contribution in [0.15, 0.2) is 4.79 Å². The summed E-state index contributed by atoms with van der Waals surface area (Å²) in [5.74, 6) is 0.811. The third-order valence-electron chi connectivity index (χ3n) is 4.39. The van der Waals surface area contributed by atoms with Gasteiger partial charge in [-0.25, -0.2) is 4.98 Å². The van der Waals surface area contributed by atoms with E-state index in [1.54, 1.807) is 11.3 Å². The highest BCUT2D eigenvalue weighted by molar-refractivity contribution is 7.18. The lowest BCUT2D eigenvalue weighted by atomic mass is 10.1. The summed E-state index contributed by atoms with van der Waals surface area (Å²) in [5, 5.41) is 0.766. The third-order valence-corrected chi connectivity index (χ3v) is 5.49. The average molecular weight is 291 g/mol. The monoisotopic (exact) mass is 291 g/mol. The first-order valence-corrected chi connectivity index (χ1v) is 8.13. The Hall–Kier alpha value is -1.20. The molecule has 5 heteroatoms. The van der Waals surface area contributed by atoms with Gasteiger partial charge in [0.25, 0.3) is 5.56 Å². The molecule has 0 spiro atoms. The molecule has 0 aromatic carbocycles. The fourth-order valence-electron chi connectivity index (χ4n) is 2.95. The van der Waals surface area contributed by atoms with Gasteiger partial charge in [-0.15, -0.1) is 11.3 Å². The van der Waals surface area contributed by atoms with Crippen LogP contribution in [0.2, 0.25) is 0 Å². The molecule has 0 amide bonds. The molecular weight excluding hydrogens is 270 g/mol. The van der Waals surface area contributed by atoms with Crippen LogP contribution in [0.4, 0.5) is 0 Å². The van der Waals surface area contributed by atoms with Crippen LogP contribution in [0.1, 0.15) is 48.5 Å². The molecule has 1 aliphatic heterocycles. The summed E-state index contributed by atoms with van der Waals surface area (Å²) in [5.41, 5.74) is 1.08.